The molecule has 0 atom stereocenters. The molecule has 2 heteroatoms. The average Bonchev–Trinajstić information content (AvgIpc) is 2.51. The molecule has 0 fully saturated rings. The van der Waals surface area contributed by atoms with Crippen LogP contribution < -0.4 is 5.32 Å². The topological polar surface area (TPSA) is 35.8 Å². The number of nitrogens with zero attached hydrogens (tertiary/aromatic N) is 1. The summed E-state index contributed by atoms with van der Waals surface area (Å²) in [5, 5.41) is 11.9. The first-order chi connectivity index (χ1) is 7.90. The Morgan fingerprint density at radius 2 is 2.12 bits per heavy atom. The number of hydrogen-bond donors (Lipinski definition) is 1. The van der Waals surface area contributed by atoms with Gasteiger partial charge in [-0.1, -0.05) is 30.4 Å². The van der Waals surface area contributed by atoms with Crippen molar-refractivity contribution in [2.24, 2.45) is 0 Å². The number of allylic oxidation sites excluding steroid dienone is 3. The molecule has 1 N–H and O–H groups in total. The molecule has 2 nitrogen and oxygen atoms in total. The summed E-state index contributed by atoms with van der Waals surface area (Å²) in [4.78, 5) is 0. The fourth-order valence-corrected chi connectivity index (χ4v) is 1.74. The van der Waals surface area contributed by atoms with Gasteiger partial charge in [-0.05, 0) is 30.5 Å². The van der Waals surface area contributed by atoms with Crippen molar-refractivity contribution in [3.8, 4) is 6.07 Å². The van der Waals surface area contributed by atoms with Crippen LogP contribution in [-0.2, 0) is 0 Å². The molecule has 16 heavy (non-hydrogen) atoms. The lowest BCUT2D eigenvalue weighted by molar-refractivity contribution is 0.843. The molecular formula is C14H14N2. The fourth-order valence-electron chi connectivity index (χ4n) is 1.74. The maximum atomic E-state index is 8.51. The van der Waals surface area contributed by atoms with Crippen LogP contribution in [0.3, 0.4) is 0 Å². The molecule has 1 aromatic carbocycles. The zero-order chi connectivity index (χ0) is 11.2. The van der Waals surface area contributed by atoms with Gasteiger partial charge in [-0.25, -0.2) is 0 Å². The molecule has 1 heterocycles. The zero-order valence-corrected chi connectivity index (χ0v) is 9.11. The first kappa shape index (κ1) is 10.5. The molecule has 0 aromatic heterocycles. The smallest absolute Gasteiger partial charge is 0.0621 e. The highest BCUT2D eigenvalue weighted by molar-refractivity contribution is 5.70. The molecule has 0 saturated heterocycles. The minimum Gasteiger partial charge on any atom is -0.358 e. The second-order valence-corrected chi connectivity index (χ2v) is 3.77. The molecule has 80 valence electrons. The largest absolute Gasteiger partial charge is 0.358 e. The lowest BCUT2D eigenvalue weighted by Gasteiger charge is -2.10. The van der Waals surface area contributed by atoms with E-state index in [1.165, 1.54) is 11.3 Å². The highest BCUT2D eigenvalue weighted by Gasteiger charge is 2.04. The van der Waals surface area contributed by atoms with Crippen LogP contribution in [0, 0.1) is 11.3 Å². The summed E-state index contributed by atoms with van der Waals surface area (Å²) in [6.07, 6.45) is 8.68. The lowest BCUT2D eigenvalue weighted by Crippen LogP contribution is -1.99. The van der Waals surface area contributed by atoms with Crippen LogP contribution in [0.5, 0.6) is 0 Å². The molecule has 0 saturated carbocycles. The van der Waals surface area contributed by atoms with Crippen molar-refractivity contribution < 1.29 is 0 Å². The van der Waals surface area contributed by atoms with Gasteiger partial charge in [0.25, 0.3) is 0 Å². The molecule has 1 aliphatic heterocycles. The van der Waals surface area contributed by atoms with Crippen molar-refractivity contribution in [2.75, 3.05) is 5.32 Å². The van der Waals surface area contributed by atoms with E-state index < -0.39 is 0 Å². The Morgan fingerprint density at radius 3 is 3.00 bits per heavy atom. The maximum Gasteiger partial charge on any atom is 0.0621 e. The average molecular weight is 210 g/mol. The van der Waals surface area contributed by atoms with Crippen molar-refractivity contribution in [3.63, 3.8) is 0 Å². The summed E-state index contributed by atoms with van der Waals surface area (Å²) in [6.45, 7) is 0. The van der Waals surface area contributed by atoms with E-state index in [4.69, 9.17) is 5.26 Å². The summed E-state index contributed by atoms with van der Waals surface area (Å²) >= 11 is 0. The standard InChI is InChI=1S/C14H14N2/c15-11-4-3-8-13-9-5-7-12-6-1-2-10-14(12)16-13/h1-2,5-7,9-10,16H,3-4,8H2. The van der Waals surface area contributed by atoms with E-state index in [0.717, 1.165) is 18.5 Å². The number of para-hydroxylation sites is 1. The molecule has 0 spiro atoms. The maximum absolute atomic E-state index is 8.51. The van der Waals surface area contributed by atoms with Crippen LogP contribution in [0.4, 0.5) is 5.69 Å². The third-order valence-electron chi connectivity index (χ3n) is 2.56. The highest BCUT2D eigenvalue weighted by Crippen LogP contribution is 2.23. The van der Waals surface area contributed by atoms with Crippen LogP contribution >= 0.6 is 0 Å². The summed E-state index contributed by atoms with van der Waals surface area (Å²) in [5.41, 5.74) is 3.52. The van der Waals surface area contributed by atoms with Gasteiger partial charge in [0.2, 0.25) is 0 Å². The molecule has 0 unspecified atom stereocenters. The van der Waals surface area contributed by atoms with E-state index >= 15 is 0 Å². The Labute approximate surface area is 95.9 Å². The summed E-state index contributed by atoms with van der Waals surface area (Å²) in [5.74, 6) is 0. The molecule has 0 radical (unpaired) electrons. The fraction of sp³-hybridized carbons (Fsp3) is 0.214. The number of benzene rings is 1. The molecular weight excluding hydrogens is 196 g/mol. The Bertz CT molecular complexity index is 464. The number of rotatable bonds is 3. The number of unbranched alkanes of at least 4 members (excludes halogenated alkanes) is 1. The number of anilines is 1. The molecule has 0 bridgehead atoms. The van der Waals surface area contributed by atoms with Crippen molar-refractivity contribution >= 4 is 11.8 Å². The first-order valence-electron chi connectivity index (χ1n) is 5.50. The SMILES string of the molecule is N#CCCCC1=CC=Cc2ccccc2N1. The minimum absolute atomic E-state index is 0.615. The summed E-state index contributed by atoms with van der Waals surface area (Å²) < 4.78 is 0. The van der Waals surface area contributed by atoms with Gasteiger partial charge in [-0.3, -0.25) is 0 Å². The Kier molecular flexibility index (Phi) is 3.40. The number of nitriles is 1. The van der Waals surface area contributed by atoms with Gasteiger partial charge < -0.3 is 5.32 Å². The monoisotopic (exact) mass is 210 g/mol. The molecule has 0 aliphatic carbocycles. The number of nitrogens with one attached hydrogen (secondary N) is 1. The second kappa shape index (κ2) is 5.18. The molecule has 0 amide bonds. The van der Waals surface area contributed by atoms with Crippen molar-refractivity contribution in [2.45, 2.75) is 19.3 Å². The van der Waals surface area contributed by atoms with Crippen molar-refractivity contribution in [3.05, 3.63) is 47.7 Å². The van der Waals surface area contributed by atoms with Crippen molar-refractivity contribution in [1.29, 1.82) is 5.26 Å². The Hall–Kier alpha value is -2.01. The van der Waals surface area contributed by atoms with Crippen LogP contribution in [0.2, 0.25) is 0 Å². The lowest BCUT2D eigenvalue weighted by atomic mass is 10.1. The highest BCUT2D eigenvalue weighted by atomic mass is 14.9. The summed E-state index contributed by atoms with van der Waals surface area (Å²) in [6, 6.07) is 10.4. The van der Waals surface area contributed by atoms with E-state index in [1.807, 2.05) is 12.1 Å². The quantitative estimate of drug-likeness (QED) is 0.772. The molecule has 1 aliphatic rings. The van der Waals surface area contributed by atoms with Crippen LogP contribution in [0.15, 0.2) is 42.1 Å². The predicted octanol–water partition coefficient (Wildman–Crippen LogP) is 3.70. The molecule has 1 aromatic rings. The van der Waals surface area contributed by atoms with Crippen LogP contribution in [0.25, 0.3) is 6.08 Å². The van der Waals surface area contributed by atoms with Gasteiger partial charge >= 0.3 is 0 Å². The van der Waals surface area contributed by atoms with E-state index in [2.05, 4.69) is 41.7 Å². The predicted molar refractivity (Wildman–Crippen MR) is 66.6 cm³/mol. The third kappa shape index (κ3) is 2.52. The van der Waals surface area contributed by atoms with Gasteiger partial charge in [-0.15, -0.1) is 0 Å². The van der Waals surface area contributed by atoms with Gasteiger partial charge in [0.1, 0.15) is 0 Å². The second-order valence-electron chi connectivity index (χ2n) is 3.77. The van der Waals surface area contributed by atoms with E-state index in [1.54, 1.807) is 0 Å². The minimum atomic E-state index is 0.615. The van der Waals surface area contributed by atoms with E-state index in [-0.39, 0.29) is 0 Å². The van der Waals surface area contributed by atoms with Crippen molar-refractivity contribution in [1.82, 2.24) is 0 Å². The zero-order valence-electron chi connectivity index (χ0n) is 9.11. The normalized spacial score (nSPS) is 13.1. The molecule has 2 rings (SSSR count). The van der Waals surface area contributed by atoms with E-state index in [9.17, 15) is 0 Å². The van der Waals surface area contributed by atoms with Gasteiger partial charge in [0.05, 0.1) is 6.07 Å². The third-order valence-corrected chi connectivity index (χ3v) is 2.56. The van der Waals surface area contributed by atoms with Gasteiger partial charge in [-0.2, -0.15) is 5.26 Å². The van der Waals surface area contributed by atoms with Gasteiger partial charge in [0.15, 0.2) is 0 Å². The van der Waals surface area contributed by atoms with Gasteiger partial charge in [0, 0.05) is 17.8 Å². The first-order valence-corrected chi connectivity index (χ1v) is 5.50. The Balaban J connectivity index is 2.08. The van der Waals surface area contributed by atoms with E-state index in [0.29, 0.717) is 6.42 Å². The van der Waals surface area contributed by atoms with Crippen LogP contribution in [-0.4, -0.2) is 0 Å². The van der Waals surface area contributed by atoms with Crippen LogP contribution in [0.1, 0.15) is 24.8 Å². The number of hydrogen-bond acceptors (Lipinski definition) is 2. The Morgan fingerprint density at radius 1 is 1.25 bits per heavy atom. The number of fused-ring (bicyclic) bond motifs is 1. The summed E-state index contributed by atoms with van der Waals surface area (Å²) in [7, 11) is 0.